The number of furan rings is 2. The van der Waals surface area contributed by atoms with E-state index in [1.54, 1.807) is 0 Å². The van der Waals surface area contributed by atoms with Gasteiger partial charge in [0, 0.05) is 55.7 Å². The highest BCUT2D eigenvalue weighted by Gasteiger charge is 2.21. The lowest BCUT2D eigenvalue weighted by molar-refractivity contribution is 0.590. The third-order valence-corrected chi connectivity index (χ3v) is 12.6. The zero-order valence-corrected chi connectivity index (χ0v) is 36.6. The summed E-state index contributed by atoms with van der Waals surface area (Å²) in [5, 5.41) is 8.18. The van der Waals surface area contributed by atoms with Crippen LogP contribution >= 0.6 is 0 Å². The number of anilines is 6. The van der Waals surface area contributed by atoms with Crippen molar-refractivity contribution in [2.75, 3.05) is 9.80 Å². The lowest BCUT2D eigenvalue weighted by atomic mass is 9.87. The van der Waals surface area contributed by atoms with Gasteiger partial charge in [0.05, 0.1) is 0 Å². The fourth-order valence-corrected chi connectivity index (χ4v) is 9.10. The van der Waals surface area contributed by atoms with Crippen LogP contribution in [0.5, 0.6) is 0 Å². The van der Waals surface area contributed by atoms with Gasteiger partial charge in [-0.1, -0.05) is 77.9 Å². The van der Waals surface area contributed by atoms with Crippen LogP contribution < -0.4 is 9.80 Å². The molecule has 0 radical (unpaired) electrons. The van der Waals surface area contributed by atoms with E-state index in [2.05, 4.69) is 173 Å². The first-order chi connectivity index (χ1) is 30.7. The fourth-order valence-electron chi connectivity index (χ4n) is 9.10. The zero-order valence-electron chi connectivity index (χ0n) is 36.6. The number of fused-ring (bicyclic) bond motifs is 9. The van der Waals surface area contributed by atoms with Crippen LogP contribution in [0, 0.1) is 11.6 Å². The highest BCUT2D eigenvalue weighted by molar-refractivity contribution is 6.21. The Hall–Kier alpha value is -7.44. The molecule has 0 saturated heterocycles. The molecule has 0 aliphatic heterocycles. The predicted octanol–water partition coefficient (Wildman–Crippen LogP) is 17.6. The summed E-state index contributed by atoms with van der Waals surface area (Å²) in [6.07, 6.45) is 0. The third-order valence-electron chi connectivity index (χ3n) is 12.6. The van der Waals surface area contributed by atoms with Crippen LogP contribution in [0.15, 0.2) is 179 Å². The Labute approximate surface area is 370 Å². The third kappa shape index (κ3) is 6.81. The molecule has 0 amide bonds. The van der Waals surface area contributed by atoms with E-state index in [9.17, 15) is 8.78 Å². The molecule has 0 bridgehead atoms. The summed E-state index contributed by atoms with van der Waals surface area (Å²) in [6, 6.07) is 56.2. The minimum Gasteiger partial charge on any atom is -0.452 e. The van der Waals surface area contributed by atoms with Gasteiger partial charge in [-0.05, 0) is 177 Å². The van der Waals surface area contributed by atoms with Crippen LogP contribution in [0.3, 0.4) is 0 Å². The fraction of sp³-hybridized carbons (Fsp3) is 0.138. The molecule has 6 heteroatoms. The van der Waals surface area contributed by atoms with E-state index in [-0.39, 0.29) is 22.5 Å². The van der Waals surface area contributed by atoms with Crippen molar-refractivity contribution >= 4 is 99.5 Å². The molecule has 0 saturated carbocycles. The Morgan fingerprint density at radius 1 is 0.328 bits per heavy atom. The normalized spacial score (nSPS) is 12.4. The molecule has 0 N–H and O–H groups in total. The monoisotopic (exact) mass is 840 g/mol. The number of hydrogen-bond donors (Lipinski definition) is 0. The Kier molecular flexibility index (Phi) is 8.97. The van der Waals surface area contributed by atoms with Crippen molar-refractivity contribution in [3.05, 3.63) is 193 Å². The summed E-state index contributed by atoms with van der Waals surface area (Å²) in [5.41, 5.74) is 11.0. The average Bonchev–Trinajstić information content (AvgIpc) is 3.83. The molecule has 64 heavy (non-hydrogen) atoms. The minimum absolute atomic E-state index is 0.0160. The SMILES string of the molecule is CC(C)(C)c1ccc(N(c2ccc(F)cc2)c2ccc3cc4c(cc3c2)oc2c4ccc3c4cc5ccc(N(c6ccc(F)cc6)c6ccc(C(C)(C)C)cc6)cc5cc4oc32)cc1. The van der Waals surface area contributed by atoms with Gasteiger partial charge in [-0.2, -0.15) is 0 Å². The molecule has 314 valence electrons. The molecule has 4 nitrogen and oxygen atoms in total. The summed E-state index contributed by atoms with van der Waals surface area (Å²) in [4.78, 5) is 4.31. The maximum absolute atomic E-state index is 14.2. The van der Waals surface area contributed by atoms with E-state index in [4.69, 9.17) is 8.83 Å². The molecular formula is C58H46F2N2O2. The molecule has 0 unspecified atom stereocenters. The van der Waals surface area contributed by atoms with Gasteiger partial charge in [0.25, 0.3) is 0 Å². The second kappa shape index (κ2) is 14.6. The molecule has 0 aliphatic rings. The summed E-state index contributed by atoms with van der Waals surface area (Å²) < 4.78 is 41.8. The second-order valence-corrected chi connectivity index (χ2v) is 19.0. The van der Waals surface area contributed by atoms with Crippen molar-refractivity contribution in [3.63, 3.8) is 0 Å². The van der Waals surface area contributed by atoms with Gasteiger partial charge in [-0.15, -0.1) is 0 Å². The summed E-state index contributed by atoms with van der Waals surface area (Å²) in [6.45, 7) is 13.2. The van der Waals surface area contributed by atoms with Crippen molar-refractivity contribution in [3.8, 4) is 0 Å². The van der Waals surface area contributed by atoms with E-state index in [0.29, 0.717) is 11.2 Å². The van der Waals surface area contributed by atoms with Gasteiger partial charge in [-0.3, -0.25) is 0 Å². The van der Waals surface area contributed by atoms with E-state index in [1.807, 2.05) is 24.3 Å². The first-order valence-corrected chi connectivity index (χ1v) is 21.8. The lowest BCUT2D eigenvalue weighted by Gasteiger charge is -2.27. The number of rotatable bonds is 6. The van der Waals surface area contributed by atoms with Crippen LogP contribution in [0.2, 0.25) is 0 Å². The average molecular weight is 841 g/mol. The predicted molar refractivity (Wildman–Crippen MR) is 263 cm³/mol. The van der Waals surface area contributed by atoms with Crippen LogP contribution in [-0.2, 0) is 10.8 Å². The quantitative estimate of drug-likeness (QED) is 0.167. The molecule has 0 fully saturated rings. The Bertz CT molecular complexity index is 3330. The maximum Gasteiger partial charge on any atom is 0.178 e. The smallest absolute Gasteiger partial charge is 0.178 e. The van der Waals surface area contributed by atoms with E-state index >= 15 is 0 Å². The molecular weight excluding hydrogens is 795 g/mol. The van der Waals surface area contributed by atoms with Gasteiger partial charge in [0.1, 0.15) is 22.8 Å². The number of nitrogens with zero attached hydrogens (tertiary/aromatic N) is 2. The first-order valence-electron chi connectivity index (χ1n) is 21.8. The highest BCUT2D eigenvalue weighted by atomic mass is 19.1. The van der Waals surface area contributed by atoms with Gasteiger partial charge < -0.3 is 18.6 Å². The van der Waals surface area contributed by atoms with Crippen LogP contribution in [-0.4, -0.2) is 0 Å². The van der Waals surface area contributed by atoms with E-state index in [1.165, 1.54) is 35.4 Å². The molecule has 0 atom stereocenters. The zero-order chi connectivity index (χ0) is 44.1. The van der Waals surface area contributed by atoms with Gasteiger partial charge in [0.15, 0.2) is 11.2 Å². The van der Waals surface area contributed by atoms with E-state index in [0.717, 1.165) is 88.4 Å². The Morgan fingerprint density at radius 2 is 0.656 bits per heavy atom. The number of halogens is 2. The summed E-state index contributed by atoms with van der Waals surface area (Å²) in [5.74, 6) is -0.552. The van der Waals surface area contributed by atoms with Gasteiger partial charge >= 0.3 is 0 Å². The standard InChI is InChI=1S/C58H46F2N2O2/c1-57(2,3)39-9-19-43(20-10-39)61(45-23-13-41(59)14-24-45)47-17-7-35-31-51-49-27-28-50-52-32-36-8-18-48(30-38(36)34-54(52)64-56(50)55(49)63-53(51)33-37(35)29-47)62(46-25-15-42(60)16-26-46)44-21-11-40(12-22-44)58(4,5)6/h7-34H,1-6H3. The Morgan fingerprint density at radius 3 is 1.00 bits per heavy atom. The van der Waals surface area contributed by atoms with Gasteiger partial charge in [0.2, 0.25) is 0 Å². The molecule has 0 spiro atoms. The van der Waals surface area contributed by atoms with Crippen molar-refractivity contribution in [2.24, 2.45) is 0 Å². The van der Waals surface area contributed by atoms with Crippen LogP contribution in [0.4, 0.5) is 42.9 Å². The maximum atomic E-state index is 14.2. The molecule has 2 heterocycles. The molecule has 11 aromatic rings. The summed E-state index contributed by atoms with van der Waals surface area (Å²) >= 11 is 0. The Balaban J connectivity index is 1.00. The molecule has 2 aromatic heterocycles. The number of benzene rings is 9. The van der Waals surface area contributed by atoms with Crippen molar-refractivity contribution in [1.82, 2.24) is 0 Å². The lowest BCUT2D eigenvalue weighted by Crippen LogP contribution is -2.13. The van der Waals surface area contributed by atoms with Crippen molar-refractivity contribution in [2.45, 2.75) is 52.4 Å². The molecule has 11 rings (SSSR count). The minimum atomic E-state index is -0.276. The largest absolute Gasteiger partial charge is 0.452 e. The molecule has 0 aliphatic carbocycles. The second-order valence-electron chi connectivity index (χ2n) is 19.0. The van der Waals surface area contributed by atoms with Crippen molar-refractivity contribution < 1.29 is 17.6 Å². The number of hydrogen-bond acceptors (Lipinski definition) is 4. The summed E-state index contributed by atoms with van der Waals surface area (Å²) in [7, 11) is 0. The van der Waals surface area contributed by atoms with Gasteiger partial charge in [-0.25, -0.2) is 8.78 Å². The van der Waals surface area contributed by atoms with Crippen LogP contribution in [0.25, 0.3) is 65.4 Å². The topological polar surface area (TPSA) is 32.8 Å². The highest BCUT2D eigenvalue weighted by Crippen LogP contribution is 2.44. The first kappa shape index (κ1) is 39.4. The van der Waals surface area contributed by atoms with Crippen molar-refractivity contribution in [1.29, 1.82) is 0 Å². The van der Waals surface area contributed by atoms with E-state index < -0.39 is 0 Å². The van der Waals surface area contributed by atoms with Crippen LogP contribution in [0.1, 0.15) is 52.7 Å². The molecule has 9 aromatic carbocycles.